The van der Waals surface area contributed by atoms with Crippen molar-refractivity contribution < 1.29 is 14.3 Å². The van der Waals surface area contributed by atoms with E-state index in [9.17, 15) is 9.59 Å². The number of aryl methyl sites for hydroxylation is 1. The van der Waals surface area contributed by atoms with Crippen molar-refractivity contribution >= 4 is 23.8 Å². The van der Waals surface area contributed by atoms with Crippen LogP contribution in [0, 0.1) is 0 Å². The van der Waals surface area contributed by atoms with Gasteiger partial charge in [-0.25, -0.2) is 9.59 Å². The van der Waals surface area contributed by atoms with Crippen LogP contribution in [0.5, 0.6) is 0 Å². The third kappa shape index (κ3) is 5.19. The lowest BCUT2D eigenvalue weighted by atomic mass is 10.1. The summed E-state index contributed by atoms with van der Waals surface area (Å²) < 4.78 is 11.3. The Kier molecular flexibility index (Phi) is 5.84. The maximum Gasteiger partial charge on any atom is 0.408 e. The van der Waals surface area contributed by atoms with Crippen molar-refractivity contribution in [3.63, 3.8) is 0 Å². The normalized spacial score (nSPS) is 14.6. The van der Waals surface area contributed by atoms with Gasteiger partial charge in [-0.3, -0.25) is 0 Å². The molecule has 0 bridgehead atoms. The summed E-state index contributed by atoms with van der Waals surface area (Å²) in [6, 6.07) is 6.78. The number of allylic oxidation sites excluding steroid dienone is 1. The van der Waals surface area contributed by atoms with Gasteiger partial charge < -0.3 is 24.8 Å². The van der Waals surface area contributed by atoms with E-state index in [0.29, 0.717) is 17.9 Å². The van der Waals surface area contributed by atoms with Crippen LogP contribution in [0.3, 0.4) is 0 Å². The van der Waals surface area contributed by atoms with Crippen LogP contribution in [0.1, 0.15) is 50.2 Å². The lowest BCUT2D eigenvalue weighted by molar-refractivity contribution is 0.0470. The van der Waals surface area contributed by atoms with Crippen molar-refractivity contribution in [2.75, 3.05) is 6.61 Å². The molecule has 1 atom stereocenters. The molecule has 2 aromatic rings. The third-order valence-electron chi connectivity index (χ3n) is 4.17. The van der Waals surface area contributed by atoms with Gasteiger partial charge in [-0.15, -0.1) is 0 Å². The molecule has 0 saturated heterocycles. The predicted octanol–water partition coefficient (Wildman–Crippen LogP) is 3.93. The van der Waals surface area contributed by atoms with Crippen molar-refractivity contribution in [3.8, 4) is 0 Å². The molecule has 0 unspecified atom stereocenters. The first-order valence-corrected chi connectivity index (χ1v) is 9.47. The number of aromatic amines is 2. The van der Waals surface area contributed by atoms with E-state index in [4.69, 9.17) is 21.1 Å². The summed E-state index contributed by atoms with van der Waals surface area (Å²) in [7, 11) is 0. The number of halogens is 1. The zero-order chi connectivity index (χ0) is 20.3. The van der Waals surface area contributed by atoms with E-state index < -0.39 is 17.7 Å². The van der Waals surface area contributed by atoms with Gasteiger partial charge in [0.2, 0.25) is 0 Å². The average molecular weight is 406 g/mol. The van der Waals surface area contributed by atoms with Crippen LogP contribution in [0.25, 0.3) is 6.08 Å². The summed E-state index contributed by atoms with van der Waals surface area (Å²) in [6.45, 7) is 5.58. The van der Waals surface area contributed by atoms with Crippen LogP contribution in [0.4, 0.5) is 4.79 Å². The van der Waals surface area contributed by atoms with E-state index >= 15 is 0 Å². The summed E-state index contributed by atoms with van der Waals surface area (Å²) in [5.41, 5.74) is 1.48. The minimum Gasteiger partial charge on any atom is -0.495 e. The lowest BCUT2D eigenvalue weighted by Gasteiger charge is -2.25. The molecule has 0 aliphatic heterocycles. The molecule has 7 nitrogen and oxygen atoms in total. The van der Waals surface area contributed by atoms with E-state index in [0.717, 1.165) is 22.7 Å². The number of aromatic nitrogens is 2. The van der Waals surface area contributed by atoms with Crippen molar-refractivity contribution in [1.29, 1.82) is 0 Å². The Balaban J connectivity index is 1.74. The molecule has 0 fully saturated rings. The van der Waals surface area contributed by atoms with E-state index in [-0.39, 0.29) is 12.3 Å². The molecule has 3 rings (SSSR count). The fourth-order valence-corrected chi connectivity index (χ4v) is 3.22. The largest absolute Gasteiger partial charge is 0.495 e. The molecule has 1 heterocycles. The molecule has 3 N–H and O–H groups in total. The minimum atomic E-state index is -0.613. The Labute approximate surface area is 168 Å². The number of alkyl carbamates (subject to hydrolysis) is 1. The summed E-state index contributed by atoms with van der Waals surface area (Å²) in [5, 5.41) is 3.36. The maximum atomic E-state index is 12.3. The molecule has 0 saturated carbocycles. The average Bonchev–Trinajstić information content (AvgIpc) is 2.97. The molecule has 1 aromatic carbocycles. The predicted molar refractivity (Wildman–Crippen MR) is 107 cm³/mol. The van der Waals surface area contributed by atoms with Crippen LogP contribution in [-0.2, 0) is 15.9 Å². The number of ether oxygens (including phenoxy) is 2. The van der Waals surface area contributed by atoms with Crippen LogP contribution in [0.2, 0.25) is 5.02 Å². The summed E-state index contributed by atoms with van der Waals surface area (Å²) in [4.78, 5) is 29.2. The first-order valence-electron chi connectivity index (χ1n) is 9.10. The van der Waals surface area contributed by atoms with Crippen LogP contribution in [0.15, 0.2) is 34.8 Å². The Bertz CT molecular complexity index is 939. The van der Waals surface area contributed by atoms with Gasteiger partial charge >= 0.3 is 11.8 Å². The zero-order valence-electron chi connectivity index (χ0n) is 16.1. The molecule has 1 aliphatic rings. The highest BCUT2D eigenvalue weighted by molar-refractivity contribution is 6.31. The van der Waals surface area contributed by atoms with E-state index in [1.165, 1.54) is 0 Å². The fourth-order valence-electron chi connectivity index (χ4n) is 2.96. The van der Waals surface area contributed by atoms with Crippen LogP contribution < -0.4 is 11.0 Å². The molecular formula is C20H24ClN3O4. The van der Waals surface area contributed by atoms with Gasteiger partial charge in [-0.1, -0.05) is 29.8 Å². The number of carbonyl (C=O) groups is 1. The van der Waals surface area contributed by atoms with Gasteiger partial charge in [0, 0.05) is 23.2 Å². The Morgan fingerprint density at radius 3 is 2.71 bits per heavy atom. The number of carbonyl (C=O) groups excluding carboxylic acids is 1. The van der Waals surface area contributed by atoms with Crippen LogP contribution >= 0.6 is 11.6 Å². The standard InChI is InChI=1S/C20H24ClN3O4/c1-20(2,3)28-19(26)24-17(13-6-4-5-7-14(13)21)11-27-12-8-9-15-16(10-12)23-18(25)22-15/h4-7,10,17H,8-9,11H2,1-3H3,(H,24,26)(H2,22,23,25)/t17-/m0/s1. The number of benzene rings is 1. The fraction of sp³-hybridized carbons (Fsp3) is 0.400. The number of H-pyrrole nitrogens is 2. The Morgan fingerprint density at radius 2 is 2.00 bits per heavy atom. The molecule has 8 heteroatoms. The zero-order valence-corrected chi connectivity index (χ0v) is 16.9. The molecule has 0 spiro atoms. The molecular weight excluding hydrogens is 382 g/mol. The third-order valence-corrected chi connectivity index (χ3v) is 4.52. The first-order chi connectivity index (χ1) is 13.2. The Morgan fingerprint density at radius 1 is 1.25 bits per heavy atom. The second-order valence-electron chi connectivity index (χ2n) is 7.61. The highest BCUT2D eigenvalue weighted by atomic mass is 35.5. The summed E-state index contributed by atoms with van der Waals surface area (Å²) >= 11 is 6.32. The van der Waals surface area contributed by atoms with Gasteiger partial charge in [-0.05, 0) is 38.8 Å². The second kappa shape index (κ2) is 8.14. The summed E-state index contributed by atoms with van der Waals surface area (Å²) in [5.74, 6) is 0.728. The van der Waals surface area contributed by atoms with Gasteiger partial charge in [0.25, 0.3) is 0 Å². The van der Waals surface area contributed by atoms with Gasteiger partial charge in [0.15, 0.2) is 0 Å². The lowest BCUT2D eigenvalue weighted by Crippen LogP contribution is -2.36. The minimum absolute atomic E-state index is 0.179. The molecule has 150 valence electrons. The topological polar surface area (TPSA) is 96.2 Å². The highest BCUT2D eigenvalue weighted by Gasteiger charge is 2.23. The number of imidazole rings is 1. The number of rotatable bonds is 5. The van der Waals surface area contributed by atoms with Gasteiger partial charge in [-0.2, -0.15) is 0 Å². The van der Waals surface area contributed by atoms with Crippen molar-refractivity contribution in [3.05, 3.63) is 62.5 Å². The van der Waals surface area contributed by atoms with Crippen LogP contribution in [-0.4, -0.2) is 28.3 Å². The number of fused-ring (bicyclic) bond motifs is 1. The SMILES string of the molecule is CC(C)(C)OC(=O)N[C@@H](COC1=Cc2[nH]c(=O)[nH]c2CC1)c1ccccc1Cl. The monoisotopic (exact) mass is 405 g/mol. The number of amides is 1. The quantitative estimate of drug-likeness (QED) is 0.702. The van der Waals surface area contributed by atoms with E-state index in [2.05, 4.69) is 15.3 Å². The number of nitrogens with one attached hydrogen (secondary N) is 3. The molecule has 1 aromatic heterocycles. The first kappa shape index (κ1) is 20.1. The summed E-state index contributed by atoms with van der Waals surface area (Å²) in [6.07, 6.45) is 2.59. The van der Waals surface area contributed by atoms with E-state index in [1.807, 2.05) is 18.2 Å². The molecule has 1 aliphatic carbocycles. The molecule has 28 heavy (non-hydrogen) atoms. The van der Waals surface area contributed by atoms with Crippen molar-refractivity contribution in [1.82, 2.24) is 15.3 Å². The smallest absolute Gasteiger partial charge is 0.408 e. The van der Waals surface area contributed by atoms with Crippen molar-refractivity contribution in [2.45, 2.75) is 45.3 Å². The number of hydrogen-bond acceptors (Lipinski definition) is 4. The second-order valence-corrected chi connectivity index (χ2v) is 8.02. The van der Waals surface area contributed by atoms with E-state index in [1.54, 1.807) is 32.9 Å². The Hall–Kier alpha value is -2.67. The molecule has 1 amide bonds. The van der Waals surface area contributed by atoms with Gasteiger partial charge in [0.1, 0.15) is 12.2 Å². The van der Waals surface area contributed by atoms with Gasteiger partial charge in [0.05, 0.1) is 17.5 Å². The number of hydrogen-bond donors (Lipinski definition) is 3. The maximum absolute atomic E-state index is 12.3. The van der Waals surface area contributed by atoms with Crippen molar-refractivity contribution in [2.24, 2.45) is 0 Å². The highest BCUT2D eigenvalue weighted by Crippen LogP contribution is 2.26. The molecule has 0 radical (unpaired) electrons.